The molecule has 1 aliphatic rings. The lowest BCUT2D eigenvalue weighted by molar-refractivity contribution is -0.138. The van der Waals surface area contributed by atoms with Gasteiger partial charge in [-0.05, 0) is 49.4 Å². The second-order valence-corrected chi connectivity index (χ2v) is 4.37. The van der Waals surface area contributed by atoms with Gasteiger partial charge in [0, 0.05) is 11.9 Å². The van der Waals surface area contributed by atoms with E-state index in [4.69, 9.17) is 10.00 Å². The van der Waals surface area contributed by atoms with Crippen molar-refractivity contribution in [3.63, 3.8) is 0 Å². The van der Waals surface area contributed by atoms with Gasteiger partial charge in [0.15, 0.2) is 5.57 Å². The second kappa shape index (κ2) is 6.05. The molecule has 4 nitrogen and oxygen atoms in total. The number of nitriles is 1. The summed E-state index contributed by atoms with van der Waals surface area (Å²) in [6.45, 7) is 1.97. The molecule has 0 saturated carbocycles. The quantitative estimate of drug-likeness (QED) is 0.511. The summed E-state index contributed by atoms with van der Waals surface area (Å²) in [4.78, 5) is 11.4. The summed E-state index contributed by atoms with van der Waals surface area (Å²) >= 11 is 0. The second-order valence-electron chi connectivity index (χ2n) is 4.37. The van der Waals surface area contributed by atoms with E-state index in [0.29, 0.717) is 0 Å². The van der Waals surface area contributed by atoms with Crippen molar-refractivity contribution in [1.82, 2.24) is 0 Å². The van der Waals surface area contributed by atoms with Gasteiger partial charge in [0.25, 0.3) is 0 Å². The number of aryl methyl sites for hydroxylation is 2. The molecule has 0 amide bonds. The fourth-order valence-electron chi connectivity index (χ4n) is 2.16. The van der Waals surface area contributed by atoms with Crippen LogP contribution in [0.1, 0.15) is 24.5 Å². The number of nitrogens with zero attached hydrogens (tertiary/aromatic N) is 1. The largest absolute Gasteiger partial charge is 0.462 e. The number of esters is 1. The lowest BCUT2D eigenvalue weighted by atomic mass is 10.1. The van der Waals surface area contributed by atoms with Gasteiger partial charge >= 0.3 is 5.97 Å². The van der Waals surface area contributed by atoms with Crippen molar-refractivity contribution in [2.75, 3.05) is 11.9 Å². The van der Waals surface area contributed by atoms with Crippen LogP contribution in [0.3, 0.4) is 0 Å². The number of anilines is 1. The van der Waals surface area contributed by atoms with Crippen molar-refractivity contribution in [1.29, 1.82) is 5.26 Å². The summed E-state index contributed by atoms with van der Waals surface area (Å²) in [6.07, 6.45) is 4.82. The average Bonchev–Trinajstić information content (AvgIpc) is 2.87. The monoisotopic (exact) mass is 256 g/mol. The number of hydrogen-bond acceptors (Lipinski definition) is 4. The number of ether oxygens (including phenoxy) is 1. The number of rotatable bonds is 4. The van der Waals surface area contributed by atoms with E-state index in [1.54, 1.807) is 6.92 Å². The zero-order chi connectivity index (χ0) is 13.7. The predicted octanol–water partition coefficient (Wildman–Crippen LogP) is 2.56. The van der Waals surface area contributed by atoms with Crippen molar-refractivity contribution in [2.45, 2.75) is 26.2 Å². The Labute approximate surface area is 112 Å². The Bertz CT molecular complexity index is 556. The van der Waals surface area contributed by atoms with E-state index >= 15 is 0 Å². The Balaban J connectivity index is 2.08. The average molecular weight is 256 g/mol. The van der Waals surface area contributed by atoms with E-state index in [1.165, 1.54) is 23.7 Å². The van der Waals surface area contributed by atoms with E-state index in [2.05, 4.69) is 17.4 Å². The highest BCUT2D eigenvalue weighted by Crippen LogP contribution is 2.24. The van der Waals surface area contributed by atoms with Crippen LogP contribution in [0.5, 0.6) is 0 Å². The van der Waals surface area contributed by atoms with Crippen LogP contribution in [0.15, 0.2) is 30.0 Å². The fraction of sp³-hybridized carbons (Fsp3) is 0.333. The van der Waals surface area contributed by atoms with E-state index in [0.717, 1.165) is 18.5 Å². The van der Waals surface area contributed by atoms with Crippen LogP contribution in [-0.4, -0.2) is 12.6 Å². The van der Waals surface area contributed by atoms with E-state index < -0.39 is 5.97 Å². The lowest BCUT2D eigenvalue weighted by Gasteiger charge is -2.05. The molecule has 0 unspecified atom stereocenters. The van der Waals surface area contributed by atoms with Crippen molar-refractivity contribution >= 4 is 11.7 Å². The van der Waals surface area contributed by atoms with Gasteiger partial charge in [-0.1, -0.05) is 6.07 Å². The highest BCUT2D eigenvalue weighted by atomic mass is 16.5. The standard InChI is InChI=1S/C15H16N2O2/c1-2-19-15(18)13(9-16)10-17-14-7-6-11-4-3-5-12(11)8-14/h6-8,10,17H,2-5H2,1H3/b13-10+. The molecule has 0 aliphatic heterocycles. The van der Waals surface area contributed by atoms with Crippen molar-refractivity contribution in [3.05, 3.63) is 41.1 Å². The Morgan fingerprint density at radius 3 is 3.00 bits per heavy atom. The van der Waals surface area contributed by atoms with Gasteiger partial charge in [-0.15, -0.1) is 0 Å². The molecule has 1 aliphatic carbocycles. The minimum Gasteiger partial charge on any atom is -0.462 e. The Hall–Kier alpha value is -2.28. The van der Waals surface area contributed by atoms with Crippen LogP contribution in [-0.2, 0) is 22.4 Å². The molecule has 0 heterocycles. The highest BCUT2D eigenvalue weighted by Gasteiger charge is 2.11. The maximum absolute atomic E-state index is 11.4. The fourth-order valence-corrected chi connectivity index (χ4v) is 2.16. The minimum atomic E-state index is -0.598. The molecule has 2 rings (SSSR count). The van der Waals surface area contributed by atoms with Crippen LogP contribution in [0.4, 0.5) is 5.69 Å². The summed E-state index contributed by atoms with van der Waals surface area (Å²) in [7, 11) is 0. The lowest BCUT2D eigenvalue weighted by Crippen LogP contribution is -2.07. The van der Waals surface area contributed by atoms with Crippen LogP contribution in [0.25, 0.3) is 0 Å². The molecule has 4 heteroatoms. The first-order chi connectivity index (χ1) is 9.24. The molecule has 0 aromatic heterocycles. The molecule has 1 N–H and O–H groups in total. The summed E-state index contributed by atoms with van der Waals surface area (Å²) in [5, 5.41) is 11.9. The molecule has 0 fully saturated rings. The van der Waals surface area contributed by atoms with Gasteiger partial charge in [-0.25, -0.2) is 4.79 Å². The predicted molar refractivity (Wildman–Crippen MR) is 72.4 cm³/mol. The number of carbonyl (C=O) groups is 1. The summed E-state index contributed by atoms with van der Waals surface area (Å²) in [6, 6.07) is 7.95. The van der Waals surface area contributed by atoms with Crippen LogP contribution >= 0.6 is 0 Å². The van der Waals surface area contributed by atoms with Gasteiger partial charge in [0.1, 0.15) is 6.07 Å². The number of benzene rings is 1. The van der Waals surface area contributed by atoms with Crippen molar-refractivity contribution < 1.29 is 9.53 Å². The van der Waals surface area contributed by atoms with Crippen molar-refractivity contribution in [3.8, 4) is 6.07 Å². The number of nitrogens with one attached hydrogen (secondary N) is 1. The first-order valence-electron chi connectivity index (χ1n) is 6.40. The molecule has 1 aromatic carbocycles. The van der Waals surface area contributed by atoms with Crippen LogP contribution < -0.4 is 5.32 Å². The van der Waals surface area contributed by atoms with Gasteiger partial charge in [0.2, 0.25) is 0 Å². The zero-order valence-corrected chi connectivity index (χ0v) is 10.9. The first-order valence-corrected chi connectivity index (χ1v) is 6.40. The molecule has 0 bridgehead atoms. The van der Waals surface area contributed by atoms with Crippen LogP contribution in [0, 0.1) is 11.3 Å². The molecular formula is C15H16N2O2. The SMILES string of the molecule is CCOC(=O)/C(C#N)=C/Nc1ccc2c(c1)CCC2. The maximum Gasteiger partial charge on any atom is 0.350 e. The van der Waals surface area contributed by atoms with Gasteiger partial charge < -0.3 is 10.1 Å². The molecule has 0 atom stereocenters. The first kappa shape index (κ1) is 13.2. The smallest absolute Gasteiger partial charge is 0.350 e. The maximum atomic E-state index is 11.4. The highest BCUT2D eigenvalue weighted by molar-refractivity contribution is 5.93. The number of fused-ring (bicyclic) bond motifs is 1. The molecule has 1 aromatic rings. The molecule has 0 spiro atoms. The van der Waals surface area contributed by atoms with Crippen molar-refractivity contribution in [2.24, 2.45) is 0 Å². The zero-order valence-electron chi connectivity index (χ0n) is 10.9. The third kappa shape index (κ3) is 3.14. The Morgan fingerprint density at radius 1 is 1.47 bits per heavy atom. The third-order valence-corrected chi connectivity index (χ3v) is 3.10. The Morgan fingerprint density at radius 2 is 2.26 bits per heavy atom. The van der Waals surface area contributed by atoms with E-state index in [-0.39, 0.29) is 12.2 Å². The number of hydrogen-bond donors (Lipinski definition) is 1. The summed E-state index contributed by atoms with van der Waals surface area (Å²) < 4.78 is 4.79. The van der Waals surface area contributed by atoms with Crippen LogP contribution in [0.2, 0.25) is 0 Å². The minimum absolute atomic E-state index is 0.0256. The Kier molecular flexibility index (Phi) is 4.19. The molecule has 0 saturated heterocycles. The topological polar surface area (TPSA) is 62.1 Å². The molecule has 0 radical (unpaired) electrons. The molecular weight excluding hydrogens is 240 g/mol. The molecule has 19 heavy (non-hydrogen) atoms. The normalized spacial score (nSPS) is 13.6. The summed E-state index contributed by atoms with van der Waals surface area (Å²) in [5.41, 5.74) is 3.59. The summed E-state index contributed by atoms with van der Waals surface area (Å²) in [5.74, 6) is -0.598. The molecule has 98 valence electrons. The third-order valence-electron chi connectivity index (χ3n) is 3.10. The van der Waals surface area contributed by atoms with Gasteiger partial charge in [-0.3, -0.25) is 0 Å². The van der Waals surface area contributed by atoms with E-state index in [9.17, 15) is 4.79 Å². The number of carbonyl (C=O) groups excluding carboxylic acids is 1. The van der Waals surface area contributed by atoms with E-state index in [1.807, 2.05) is 12.1 Å². The van der Waals surface area contributed by atoms with Gasteiger partial charge in [-0.2, -0.15) is 5.26 Å². The van der Waals surface area contributed by atoms with Gasteiger partial charge in [0.05, 0.1) is 6.61 Å².